The predicted molar refractivity (Wildman–Crippen MR) is 133 cm³/mol. The van der Waals surface area contributed by atoms with Crippen LogP contribution in [0.2, 0.25) is 0 Å². The molecule has 0 aliphatic heterocycles. The zero-order valence-corrected chi connectivity index (χ0v) is 22.3. The van der Waals surface area contributed by atoms with Crippen LogP contribution in [0.15, 0.2) is 0 Å². The van der Waals surface area contributed by atoms with Crippen LogP contribution in [0.5, 0.6) is 0 Å². The first-order valence-corrected chi connectivity index (χ1v) is 14.0. The molecule has 0 aromatic heterocycles. The summed E-state index contributed by atoms with van der Waals surface area (Å²) < 4.78 is 0. The fraction of sp³-hybridized carbons (Fsp3) is 0.966. The molecule has 4 rings (SSSR count). The van der Waals surface area contributed by atoms with Crippen molar-refractivity contribution in [2.24, 2.45) is 58.2 Å². The minimum atomic E-state index is -0.733. The van der Waals surface area contributed by atoms with Gasteiger partial charge >= 0.3 is 0 Å². The maximum atomic E-state index is 13.2. The molecule has 4 aliphatic carbocycles. The van der Waals surface area contributed by atoms with Gasteiger partial charge in [0.1, 0.15) is 5.78 Å². The topological polar surface area (TPSA) is 98.0 Å². The normalized spacial score (nSPS) is 48.3. The van der Waals surface area contributed by atoms with Gasteiger partial charge < -0.3 is 20.4 Å². The van der Waals surface area contributed by atoms with Gasteiger partial charge in [-0.25, -0.2) is 0 Å². The second-order valence-electron chi connectivity index (χ2n) is 13.8. The average Bonchev–Trinajstić information content (AvgIpc) is 3.07. The maximum absolute atomic E-state index is 13.2. The smallest absolute Gasteiger partial charge is 0.133 e. The van der Waals surface area contributed by atoms with E-state index in [1.807, 2.05) is 6.92 Å². The summed E-state index contributed by atoms with van der Waals surface area (Å²) >= 11 is 0. The number of ketones is 1. The van der Waals surface area contributed by atoms with E-state index in [9.17, 15) is 25.2 Å². The van der Waals surface area contributed by atoms with E-state index in [-0.39, 0.29) is 28.6 Å². The van der Waals surface area contributed by atoms with E-state index in [1.165, 1.54) is 0 Å². The number of carbonyl (C=O) groups is 1. The van der Waals surface area contributed by atoms with Gasteiger partial charge in [-0.3, -0.25) is 4.79 Å². The molecule has 34 heavy (non-hydrogen) atoms. The van der Waals surface area contributed by atoms with Crippen molar-refractivity contribution in [3.63, 3.8) is 0 Å². The van der Waals surface area contributed by atoms with E-state index >= 15 is 0 Å². The lowest BCUT2D eigenvalue weighted by molar-refractivity contribution is -0.134. The van der Waals surface area contributed by atoms with E-state index in [0.717, 1.165) is 25.7 Å². The summed E-state index contributed by atoms with van der Waals surface area (Å²) in [5.41, 5.74) is -0.0471. The summed E-state index contributed by atoms with van der Waals surface area (Å²) in [4.78, 5) is 13.2. The number of aliphatic hydroxyl groups excluding tert-OH is 4. The Kier molecular flexibility index (Phi) is 7.37. The lowest BCUT2D eigenvalue weighted by atomic mass is 9.48. The molecule has 5 heteroatoms. The van der Waals surface area contributed by atoms with E-state index in [1.54, 1.807) is 0 Å². The average molecular weight is 479 g/mol. The molecule has 13 atom stereocenters. The highest BCUT2D eigenvalue weighted by Crippen LogP contribution is 2.67. The standard InChI is InChI=1S/C29H50O5/c1-15(2)16(3)26(33)27(34)17(4)21-7-8-22-20-13-19(30)11-18-12-24(31)25(32)14-29(18,6)23(20)9-10-28(21,22)5/h15-18,20-27,31-34H,7-14H2,1-6H3/t16-,17-,18-,20?,21+,22?,23?,24-,25+,26+,27+,28+,29-/m0/s1. The molecule has 4 fully saturated rings. The lowest BCUT2D eigenvalue weighted by Crippen LogP contribution is -2.53. The van der Waals surface area contributed by atoms with Crippen LogP contribution in [-0.2, 0) is 4.79 Å². The fourth-order valence-corrected chi connectivity index (χ4v) is 9.41. The van der Waals surface area contributed by atoms with Gasteiger partial charge in [-0.05, 0) is 96.7 Å². The number of rotatable bonds is 5. The molecule has 4 aliphatic rings. The van der Waals surface area contributed by atoms with Crippen LogP contribution in [0.1, 0.15) is 92.9 Å². The molecule has 4 N–H and O–H groups in total. The Labute approximate surface area is 206 Å². The molecule has 0 spiro atoms. The largest absolute Gasteiger partial charge is 0.390 e. The minimum absolute atomic E-state index is 0.0132. The first-order chi connectivity index (χ1) is 15.8. The van der Waals surface area contributed by atoms with Gasteiger partial charge in [-0.2, -0.15) is 0 Å². The molecule has 196 valence electrons. The molecule has 0 radical (unpaired) electrons. The van der Waals surface area contributed by atoms with Crippen LogP contribution in [0, 0.1) is 58.2 Å². The van der Waals surface area contributed by atoms with Gasteiger partial charge in [0, 0.05) is 12.8 Å². The third-order valence-electron chi connectivity index (χ3n) is 12.0. The van der Waals surface area contributed by atoms with Crippen molar-refractivity contribution in [3.05, 3.63) is 0 Å². The number of aliphatic hydroxyl groups is 4. The van der Waals surface area contributed by atoms with Crippen molar-refractivity contribution in [2.75, 3.05) is 0 Å². The maximum Gasteiger partial charge on any atom is 0.133 e. The van der Waals surface area contributed by atoms with Crippen LogP contribution >= 0.6 is 0 Å². The van der Waals surface area contributed by atoms with Crippen molar-refractivity contribution in [3.8, 4) is 0 Å². The summed E-state index contributed by atoms with van der Waals surface area (Å²) in [5, 5.41) is 43.0. The highest BCUT2D eigenvalue weighted by Gasteiger charge is 2.61. The zero-order chi connectivity index (χ0) is 25.2. The number of fused-ring (bicyclic) bond motifs is 5. The number of hydrogen-bond donors (Lipinski definition) is 4. The third kappa shape index (κ3) is 4.21. The third-order valence-corrected chi connectivity index (χ3v) is 12.0. The van der Waals surface area contributed by atoms with Gasteiger partial charge in [0.2, 0.25) is 0 Å². The minimum Gasteiger partial charge on any atom is -0.390 e. The Morgan fingerprint density at radius 2 is 1.50 bits per heavy atom. The van der Waals surface area contributed by atoms with Crippen molar-refractivity contribution >= 4 is 5.78 Å². The van der Waals surface area contributed by atoms with Crippen molar-refractivity contribution < 1.29 is 25.2 Å². The van der Waals surface area contributed by atoms with Crippen LogP contribution in [0.3, 0.4) is 0 Å². The Morgan fingerprint density at radius 3 is 2.15 bits per heavy atom. The molecule has 0 heterocycles. The summed E-state index contributed by atoms with van der Waals surface area (Å²) in [6.45, 7) is 13.0. The number of carbonyl (C=O) groups excluding carboxylic acids is 1. The van der Waals surface area contributed by atoms with Crippen molar-refractivity contribution in [1.82, 2.24) is 0 Å². The Morgan fingerprint density at radius 1 is 0.853 bits per heavy atom. The fourth-order valence-electron chi connectivity index (χ4n) is 9.41. The van der Waals surface area contributed by atoms with Crippen molar-refractivity contribution in [2.45, 2.75) is 117 Å². The highest BCUT2D eigenvalue weighted by atomic mass is 16.3. The summed E-state index contributed by atoms with van der Waals surface area (Å²) in [7, 11) is 0. The van der Waals surface area contributed by atoms with E-state index in [4.69, 9.17) is 0 Å². The van der Waals surface area contributed by atoms with Gasteiger partial charge in [0.15, 0.2) is 0 Å². The molecule has 3 unspecified atom stereocenters. The molecule has 0 amide bonds. The van der Waals surface area contributed by atoms with Crippen LogP contribution in [0.25, 0.3) is 0 Å². The zero-order valence-electron chi connectivity index (χ0n) is 22.3. The summed E-state index contributed by atoms with van der Waals surface area (Å²) in [6, 6.07) is 0. The SMILES string of the molecule is CC(C)[C@H](C)[C@@H](O)[C@H](O)[C@@H](C)[C@H]1CCC2C3CC(=O)C[C@H]4C[C@H](O)[C@H](O)C[C@]4(C)C3CC[C@@]21C. The van der Waals surface area contributed by atoms with E-state index < -0.39 is 24.4 Å². The van der Waals surface area contributed by atoms with Gasteiger partial charge in [-0.1, -0.05) is 41.5 Å². The van der Waals surface area contributed by atoms with Crippen molar-refractivity contribution in [1.29, 1.82) is 0 Å². The molecule has 0 bridgehead atoms. The Hall–Kier alpha value is -0.490. The van der Waals surface area contributed by atoms with Gasteiger partial charge in [0.05, 0.1) is 24.4 Å². The van der Waals surface area contributed by atoms with Gasteiger partial charge in [-0.15, -0.1) is 0 Å². The second-order valence-corrected chi connectivity index (χ2v) is 13.8. The lowest BCUT2D eigenvalue weighted by Gasteiger charge is -2.57. The summed E-state index contributed by atoms with van der Waals surface area (Å²) in [5.74, 6) is 2.35. The quantitative estimate of drug-likeness (QED) is 0.475. The summed E-state index contributed by atoms with van der Waals surface area (Å²) in [6.07, 6.45) is 3.67. The number of Topliss-reactive ketones (excluding diaryl/α,β-unsaturated/α-hetero) is 1. The molecule has 0 aromatic rings. The predicted octanol–water partition coefficient (Wildman–Crippen LogP) is 4.20. The van der Waals surface area contributed by atoms with E-state index in [0.29, 0.717) is 61.1 Å². The van der Waals surface area contributed by atoms with Crippen LogP contribution in [-0.4, -0.2) is 50.6 Å². The molecule has 4 saturated carbocycles. The Balaban J connectivity index is 1.58. The number of hydrogen-bond acceptors (Lipinski definition) is 5. The monoisotopic (exact) mass is 478 g/mol. The molecule has 0 saturated heterocycles. The van der Waals surface area contributed by atoms with Gasteiger partial charge in [0.25, 0.3) is 0 Å². The molecule has 0 aromatic carbocycles. The first-order valence-electron chi connectivity index (χ1n) is 14.0. The highest BCUT2D eigenvalue weighted by molar-refractivity contribution is 5.79. The molecule has 5 nitrogen and oxygen atoms in total. The molecular weight excluding hydrogens is 428 g/mol. The first kappa shape index (κ1) is 26.6. The Bertz CT molecular complexity index is 753. The second kappa shape index (κ2) is 9.43. The van der Waals surface area contributed by atoms with Crippen LogP contribution < -0.4 is 0 Å². The van der Waals surface area contributed by atoms with Crippen LogP contribution in [0.4, 0.5) is 0 Å². The van der Waals surface area contributed by atoms with E-state index in [2.05, 4.69) is 34.6 Å². The molecular formula is C29H50O5.